The fourth-order valence-electron chi connectivity index (χ4n) is 11.5. The highest BCUT2D eigenvalue weighted by Crippen LogP contribution is 2.42. The van der Waals surface area contributed by atoms with Gasteiger partial charge in [0.2, 0.25) is 13.4 Å². The third-order valence-corrected chi connectivity index (χ3v) is 14.8. The summed E-state index contributed by atoms with van der Waals surface area (Å²) in [6.07, 6.45) is 0. The monoisotopic (exact) mass is 888 g/mol. The molecule has 0 saturated heterocycles. The molecule has 0 radical (unpaired) electrons. The number of anilines is 6. The van der Waals surface area contributed by atoms with E-state index in [0.29, 0.717) is 33.6 Å². The minimum Gasteiger partial charge on any atom is -0.311 e. The highest BCUT2D eigenvalue weighted by Gasteiger charge is 2.45. The molecule has 0 spiro atoms. The topological polar surface area (TPSA) is 122 Å². The van der Waals surface area contributed by atoms with Crippen LogP contribution in [-0.2, 0) is 13.1 Å². The van der Waals surface area contributed by atoms with Crippen molar-refractivity contribution in [1.82, 2.24) is 19.6 Å². The van der Waals surface area contributed by atoms with Gasteiger partial charge in [0, 0.05) is 68.4 Å². The van der Waals surface area contributed by atoms with Gasteiger partial charge in [-0.25, -0.2) is 0 Å². The van der Waals surface area contributed by atoms with E-state index in [9.17, 15) is 28.8 Å². The molecule has 13 rings (SSSR count). The van der Waals surface area contributed by atoms with Crippen LogP contribution in [0.3, 0.4) is 0 Å². The van der Waals surface area contributed by atoms with Gasteiger partial charge in [-0.15, -0.1) is 0 Å². The highest BCUT2D eigenvalue weighted by molar-refractivity contribution is 6.99. The summed E-state index contributed by atoms with van der Waals surface area (Å²) in [5.41, 5.74) is 14.5. The van der Waals surface area contributed by atoms with Crippen LogP contribution in [0.4, 0.5) is 34.1 Å². The van der Waals surface area contributed by atoms with Gasteiger partial charge in [0.25, 0.3) is 35.4 Å². The molecule has 14 heteroatoms. The van der Waals surface area contributed by atoms with Crippen molar-refractivity contribution in [3.05, 3.63) is 178 Å². The molecule has 6 amide bonds. The summed E-state index contributed by atoms with van der Waals surface area (Å²) >= 11 is 0. The molecule has 0 bridgehead atoms. The van der Waals surface area contributed by atoms with Gasteiger partial charge in [0.05, 0.1) is 33.4 Å². The van der Waals surface area contributed by atoms with E-state index in [1.54, 1.807) is 12.1 Å². The summed E-state index contributed by atoms with van der Waals surface area (Å²) in [4.78, 5) is 91.9. The first-order valence-corrected chi connectivity index (χ1v) is 22.5. The Hall–Kier alpha value is -8.35. The Kier molecular flexibility index (Phi) is 8.28. The lowest BCUT2D eigenvalue weighted by atomic mass is 9.33. The molecule has 326 valence electrons. The molecule has 6 aliphatic rings. The van der Waals surface area contributed by atoms with Crippen LogP contribution >= 0.6 is 0 Å². The van der Waals surface area contributed by atoms with Crippen LogP contribution in [-0.4, -0.2) is 96.7 Å². The molecule has 7 aromatic carbocycles. The minimum atomic E-state index is -0.548. The number of imide groups is 3. The second kappa shape index (κ2) is 14.1. The second-order valence-electron chi connectivity index (χ2n) is 18.6. The number of benzene rings is 7. The average molecular weight is 889 g/mol. The first-order chi connectivity index (χ1) is 32.9. The van der Waals surface area contributed by atoms with Crippen molar-refractivity contribution >= 4 is 116 Å². The van der Waals surface area contributed by atoms with Crippen molar-refractivity contribution in [3.63, 3.8) is 0 Å². The zero-order chi connectivity index (χ0) is 46.6. The van der Waals surface area contributed by atoms with Crippen LogP contribution in [0.5, 0.6) is 0 Å². The van der Waals surface area contributed by atoms with Crippen LogP contribution < -0.4 is 42.6 Å². The van der Waals surface area contributed by atoms with E-state index in [1.165, 1.54) is 37.2 Å². The van der Waals surface area contributed by atoms with Crippen LogP contribution in [0, 0.1) is 0 Å². The summed E-state index contributed by atoms with van der Waals surface area (Å²) in [7, 11) is 6.59. The van der Waals surface area contributed by atoms with Crippen LogP contribution in [0.25, 0.3) is 0 Å². The Labute approximate surface area is 391 Å². The Bertz CT molecular complexity index is 3440. The number of hydrogen-bond acceptors (Lipinski definition) is 9. The van der Waals surface area contributed by atoms with Crippen molar-refractivity contribution in [2.75, 3.05) is 38.0 Å². The van der Waals surface area contributed by atoms with Gasteiger partial charge in [-0.1, -0.05) is 95.9 Å². The fourth-order valence-corrected chi connectivity index (χ4v) is 11.5. The quantitative estimate of drug-likeness (QED) is 0.192. The molecule has 0 aromatic heterocycles. The maximum Gasteiger partial charge on any atom is 0.261 e. The fraction of sp³-hybridized carbons (Fsp3) is 0.111. The molecular formula is C54H38B2N6O6. The summed E-state index contributed by atoms with van der Waals surface area (Å²) < 4.78 is 0. The standard InChI is InChI=1S/C54H38B2N6O6/c1-57-27-29-19-41-45(20-30(29)28-57)61(33-11-7-5-8-12-33)46-24-38-35(49(63)58(2)52(38)66)21-42(46)55(41)31-15-17-32(18-16-31)56-43-22-36-39(53(67)59(3)50(36)64)25-47(43)62(34-13-9-6-10-14-34)48-26-40-37(23-44(48)56)51(65)60(4)54(40)68/h5-26H,27-28H2,1-4H3. The third kappa shape index (κ3) is 5.37. The molecule has 12 nitrogen and oxygen atoms in total. The van der Waals surface area contributed by atoms with Crippen molar-refractivity contribution in [1.29, 1.82) is 0 Å². The zero-order valence-electron chi connectivity index (χ0n) is 37.4. The van der Waals surface area contributed by atoms with Crippen molar-refractivity contribution in [2.45, 2.75) is 13.1 Å². The van der Waals surface area contributed by atoms with E-state index in [4.69, 9.17) is 0 Å². The Morgan fingerprint density at radius 1 is 0.353 bits per heavy atom. The normalized spacial score (nSPS) is 16.6. The number of para-hydroxylation sites is 2. The smallest absolute Gasteiger partial charge is 0.261 e. The number of fused-ring (bicyclic) bond motifs is 8. The Balaban J connectivity index is 1.03. The summed E-state index contributed by atoms with van der Waals surface area (Å²) in [5.74, 6) is -2.28. The molecule has 68 heavy (non-hydrogen) atoms. The molecule has 0 fully saturated rings. The number of rotatable bonds is 4. The van der Waals surface area contributed by atoms with Gasteiger partial charge < -0.3 is 9.80 Å². The Morgan fingerprint density at radius 3 is 1.00 bits per heavy atom. The molecule has 0 saturated carbocycles. The largest absolute Gasteiger partial charge is 0.311 e. The number of carbonyl (C=O) groups is 6. The first kappa shape index (κ1) is 40.0. The highest BCUT2D eigenvalue weighted by atomic mass is 16.2. The van der Waals surface area contributed by atoms with E-state index in [0.717, 1.165) is 78.4 Å². The number of nitrogens with zero attached hydrogens (tertiary/aromatic N) is 6. The SMILES string of the molecule is CN1Cc2cc3c(cc2C1)N(c1ccccc1)c1cc2c(cc1B3c1ccc(B3c4cc5c(cc4N(c4ccccc4)c4cc6c(cc43)C(=O)N(C)C6=O)C(=O)N(C)C5=O)cc1)C(=O)N(C)C2=O. The zero-order valence-corrected chi connectivity index (χ0v) is 37.4. The second-order valence-corrected chi connectivity index (χ2v) is 18.6. The Morgan fingerprint density at radius 2 is 0.647 bits per heavy atom. The number of carbonyl (C=O) groups excluding carboxylic acids is 6. The molecule has 0 unspecified atom stereocenters. The lowest BCUT2D eigenvalue weighted by Crippen LogP contribution is -2.59. The predicted molar refractivity (Wildman–Crippen MR) is 262 cm³/mol. The summed E-state index contributed by atoms with van der Waals surface area (Å²) in [6, 6.07) is 43.6. The lowest BCUT2D eigenvalue weighted by Gasteiger charge is -2.38. The van der Waals surface area contributed by atoms with Crippen LogP contribution in [0.2, 0.25) is 0 Å². The lowest BCUT2D eigenvalue weighted by molar-refractivity contribution is 0.0678. The van der Waals surface area contributed by atoms with E-state index >= 15 is 0 Å². The molecule has 7 aromatic rings. The van der Waals surface area contributed by atoms with Crippen molar-refractivity contribution < 1.29 is 28.8 Å². The maximum absolute atomic E-state index is 13.7. The van der Waals surface area contributed by atoms with Crippen LogP contribution in [0.15, 0.2) is 133 Å². The van der Waals surface area contributed by atoms with E-state index in [-0.39, 0.29) is 29.7 Å². The van der Waals surface area contributed by atoms with E-state index in [1.807, 2.05) is 77.7 Å². The minimum absolute atomic E-state index is 0.289. The summed E-state index contributed by atoms with van der Waals surface area (Å²) in [6.45, 7) is 0.682. The summed E-state index contributed by atoms with van der Waals surface area (Å²) in [5, 5.41) is 0. The molecule has 0 N–H and O–H groups in total. The first-order valence-electron chi connectivity index (χ1n) is 22.5. The van der Waals surface area contributed by atoms with Crippen molar-refractivity contribution in [3.8, 4) is 0 Å². The van der Waals surface area contributed by atoms with E-state index in [2.05, 4.69) is 65.4 Å². The van der Waals surface area contributed by atoms with Crippen LogP contribution in [0.1, 0.15) is 73.3 Å². The predicted octanol–water partition coefficient (Wildman–Crippen LogP) is 3.91. The average Bonchev–Trinajstić information content (AvgIpc) is 3.97. The van der Waals surface area contributed by atoms with Gasteiger partial charge in [0.15, 0.2) is 0 Å². The van der Waals surface area contributed by atoms with Gasteiger partial charge in [-0.05, 0) is 88.6 Å². The number of amides is 6. The molecule has 6 heterocycles. The maximum atomic E-state index is 13.7. The third-order valence-electron chi connectivity index (χ3n) is 14.8. The molecule has 6 aliphatic heterocycles. The molecular weight excluding hydrogens is 850 g/mol. The molecule has 0 aliphatic carbocycles. The van der Waals surface area contributed by atoms with Gasteiger partial charge >= 0.3 is 0 Å². The van der Waals surface area contributed by atoms with E-state index < -0.39 is 30.3 Å². The van der Waals surface area contributed by atoms with Gasteiger partial charge in [-0.3, -0.25) is 48.4 Å². The molecule has 0 atom stereocenters. The number of hydrogen-bond donors (Lipinski definition) is 0. The van der Waals surface area contributed by atoms with Gasteiger partial charge in [-0.2, -0.15) is 0 Å². The van der Waals surface area contributed by atoms with Gasteiger partial charge in [0.1, 0.15) is 0 Å². The van der Waals surface area contributed by atoms with Crippen molar-refractivity contribution in [2.24, 2.45) is 0 Å².